The van der Waals surface area contributed by atoms with Crippen molar-refractivity contribution in [2.24, 2.45) is 17.8 Å². The van der Waals surface area contributed by atoms with E-state index < -0.39 is 11.2 Å². The Labute approximate surface area is 250 Å². The Balaban J connectivity index is 1.53. The number of hydrogen-bond donors (Lipinski definition) is 3. The summed E-state index contributed by atoms with van der Waals surface area (Å²) in [5.41, 5.74) is -0.645. The summed E-state index contributed by atoms with van der Waals surface area (Å²) in [6.07, 6.45) is 3.60. The molecule has 3 N–H and O–H groups in total. The van der Waals surface area contributed by atoms with Crippen LogP contribution in [-0.2, 0) is 19.1 Å². The summed E-state index contributed by atoms with van der Waals surface area (Å²) in [7, 11) is 1.64. The van der Waals surface area contributed by atoms with E-state index in [9.17, 15) is 19.5 Å². The second-order valence-electron chi connectivity index (χ2n) is 13.6. The first-order valence-electron chi connectivity index (χ1n) is 15.4. The number of hydrogen-bond acceptors (Lipinski definition) is 7. The summed E-state index contributed by atoms with van der Waals surface area (Å²) >= 11 is 0. The van der Waals surface area contributed by atoms with Crippen molar-refractivity contribution in [2.45, 2.75) is 96.9 Å². The first-order chi connectivity index (χ1) is 19.7. The minimum Gasteiger partial charge on any atom is -0.476 e. The summed E-state index contributed by atoms with van der Waals surface area (Å²) in [5.74, 6) is -0.0952. The van der Waals surface area contributed by atoms with Crippen LogP contribution in [0.1, 0.15) is 73.6 Å². The third-order valence-corrected chi connectivity index (χ3v) is 8.46. The molecule has 3 atom stereocenters. The standard InChI is InChI=1S/C32H50N4O6/c1-20(2)15-27(31(3,4)40)34-28(37)21-16-22(19-33-18-21)29(38)36(23-9-10-23)24-11-12-26-25(17-24)35(13-8-14-41-7)30(39)32(5,6)42-26/h11-12,17,20-23,27,33,40H,8-10,13-16,18-19H2,1-7H3,(H,34,37)/t21-,22+,27-/m0/s1. The Morgan fingerprint density at radius 1 is 1.24 bits per heavy atom. The number of nitrogens with zero attached hydrogens (tertiary/aromatic N) is 2. The molecule has 0 bridgehead atoms. The monoisotopic (exact) mass is 586 g/mol. The van der Waals surface area contributed by atoms with Gasteiger partial charge in [0.05, 0.1) is 29.2 Å². The molecule has 1 aromatic rings. The quantitative estimate of drug-likeness (QED) is 0.322. The first kappa shape index (κ1) is 32.2. The summed E-state index contributed by atoms with van der Waals surface area (Å²) in [4.78, 5) is 44.4. The molecule has 10 heteroatoms. The van der Waals surface area contributed by atoms with Gasteiger partial charge < -0.3 is 35.0 Å². The summed E-state index contributed by atoms with van der Waals surface area (Å²) < 4.78 is 11.3. The van der Waals surface area contributed by atoms with Crippen LogP contribution in [0.25, 0.3) is 0 Å². The van der Waals surface area contributed by atoms with Gasteiger partial charge in [-0.25, -0.2) is 0 Å². The van der Waals surface area contributed by atoms with Crippen LogP contribution in [0.3, 0.4) is 0 Å². The molecular formula is C32H50N4O6. The zero-order chi connectivity index (χ0) is 30.8. The Morgan fingerprint density at radius 2 is 1.93 bits per heavy atom. The molecule has 10 nitrogen and oxygen atoms in total. The summed E-state index contributed by atoms with van der Waals surface area (Å²) in [5, 5.41) is 17.0. The van der Waals surface area contributed by atoms with Crippen LogP contribution >= 0.6 is 0 Å². The zero-order valence-electron chi connectivity index (χ0n) is 26.4. The van der Waals surface area contributed by atoms with E-state index in [-0.39, 0.29) is 41.6 Å². The number of fused-ring (bicyclic) bond motifs is 1. The minimum absolute atomic E-state index is 0.0158. The first-order valence-corrected chi connectivity index (χ1v) is 15.4. The zero-order valence-corrected chi connectivity index (χ0v) is 26.4. The second kappa shape index (κ2) is 12.9. The van der Waals surface area contributed by atoms with E-state index in [0.29, 0.717) is 62.9 Å². The molecule has 0 unspecified atom stereocenters. The molecule has 1 saturated heterocycles. The van der Waals surface area contributed by atoms with E-state index in [4.69, 9.17) is 9.47 Å². The van der Waals surface area contributed by atoms with Crippen molar-refractivity contribution in [3.05, 3.63) is 18.2 Å². The van der Waals surface area contributed by atoms with Gasteiger partial charge in [0.2, 0.25) is 11.8 Å². The molecule has 234 valence electrons. The smallest absolute Gasteiger partial charge is 0.270 e. The molecule has 1 aromatic carbocycles. The van der Waals surface area contributed by atoms with Gasteiger partial charge in [0.1, 0.15) is 5.75 Å². The highest BCUT2D eigenvalue weighted by Crippen LogP contribution is 2.43. The fraction of sp³-hybridized carbons (Fsp3) is 0.719. The average Bonchev–Trinajstić information content (AvgIpc) is 3.75. The van der Waals surface area contributed by atoms with Crippen LogP contribution in [0.15, 0.2) is 18.2 Å². The molecule has 1 saturated carbocycles. The predicted molar refractivity (Wildman–Crippen MR) is 163 cm³/mol. The lowest BCUT2D eigenvalue weighted by Crippen LogP contribution is -2.55. The number of aliphatic hydroxyl groups is 1. The van der Waals surface area contributed by atoms with Crippen LogP contribution in [-0.4, -0.2) is 79.5 Å². The molecule has 2 aliphatic heterocycles. The van der Waals surface area contributed by atoms with Gasteiger partial charge in [0, 0.05) is 45.1 Å². The number of anilines is 2. The van der Waals surface area contributed by atoms with Crippen LogP contribution < -0.4 is 25.2 Å². The van der Waals surface area contributed by atoms with Gasteiger partial charge in [-0.1, -0.05) is 13.8 Å². The van der Waals surface area contributed by atoms with E-state index >= 15 is 0 Å². The number of rotatable bonds is 12. The highest BCUT2D eigenvalue weighted by molar-refractivity contribution is 6.04. The third-order valence-electron chi connectivity index (χ3n) is 8.46. The predicted octanol–water partition coefficient (Wildman–Crippen LogP) is 3.25. The summed E-state index contributed by atoms with van der Waals surface area (Å²) in [6, 6.07) is 5.36. The SMILES string of the molecule is COCCCN1C(=O)C(C)(C)Oc2ccc(N(C(=O)[C@H]3CNC[C@@H](C(=O)N[C@@H](CC(C)C)C(C)(C)O)C3)C3CC3)cc21. The molecule has 3 aliphatic rings. The van der Waals surface area contributed by atoms with Gasteiger partial charge in [-0.3, -0.25) is 14.4 Å². The van der Waals surface area contributed by atoms with Crippen LogP contribution in [0, 0.1) is 17.8 Å². The van der Waals surface area contributed by atoms with Crippen LogP contribution in [0.2, 0.25) is 0 Å². The number of carbonyl (C=O) groups is 3. The van der Waals surface area contributed by atoms with Gasteiger partial charge in [-0.15, -0.1) is 0 Å². The Bertz CT molecular complexity index is 1140. The Hall–Kier alpha value is -2.69. The van der Waals surface area contributed by atoms with E-state index in [1.807, 2.05) is 23.1 Å². The highest BCUT2D eigenvalue weighted by Gasteiger charge is 2.43. The molecule has 2 heterocycles. The number of benzene rings is 1. The minimum atomic E-state index is -1.05. The Kier molecular flexibility index (Phi) is 9.89. The average molecular weight is 587 g/mol. The van der Waals surface area contributed by atoms with Crippen molar-refractivity contribution in [2.75, 3.05) is 43.2 Å². The van der Waals surface area contributed by atoms with Gasteiger partial charge in [-0.2, -0.15) is 0 Å². The molecular weight excluding hydrogens is 536 g/mol. The molecule has 0 aromatic heterocycles. The van der Waals surface area contributed by atoms with Crippen molar-refractivity contribution < 1.29 is 29.0 Å². The fourth-order valence-electron chi connectivity index (χ4n) is 5.96. The maximum atomic E-state index is 14.1. The van der Waals surface area contributed by atoms with E-state index in [2.05, 4.69) is 24.5 Å². The van der Waals surface area contributed by atoms with Crippen molar-refractivity contribution in [3.63, 3.8) is 0 Å². The second-order valence-corrected chi connectivity index (χ2v) is 13.6. The lowest BCUT2D eigenvalue weighted by Gasteiger charge is -2.40. The fourth-order valence-corrected chi connectivity index (χ4v) is 5.96. The number of amides is 3. The number of carbonyl (C=O) groups excluding carboxylic acids is 3. The number of piperidine rings is 1. The third kappa shape index (κ3) is 7.44. The van der Waals surface area contributed by atoms with Crippen LogP contribution in [0.5, 0.6) is 5.75 Å². The van der Waals surface area contributed by atoms with Crippen molar-refractivity contribution in [1.29, 1.82) is 0 Å². The molecule has 2 fully saturated rings. The molecule has 1 aliphatic carbocycles. The van der Waals surface area contributed by atoms with Crippen molar-refractivity contribution >= 4 is 29.1 Å². The van der Waals surface area contributed by atoms with E-state index in [0.717, 1.165) is 18.5 Å². The Morgan fingerprint density at radius 3 is 2.55 bits per heavy atom. The lowest BCUT2D eigenvalue weighted by atomic mass is 9.86. The normalized spacial score (nSPS) is 22.8. The van der Waals surface area contributed by atoms with Crippen LogP contribution in [0.4, 0.5) is 11.4 Å². The molecule has 4 rings (SSSR count). The summed E-state index contributed by atoms with van der Waals surface area (Å²) in [6.45, 7) is 13.1. The largest absolute Gasteiger partial charge is 0.476 e. The van der Waals surface area contributed by atoms with Crippen molar-refractivity contribution in [1.82, 2.24) is 10.6 Å². The number of methoxy groups -OCH3 is 1. The van der Waals surface area contributed by atoms with E-state index in [1.165, 1.54) is 0 Å². The number of nitrogens with one attached hydrogen (secondary N) is 2. The molecule has 3 amide bonds. The topological polar surface area (TPSA) is 120 Å². The lowest BCUT2D eigenvalue weighted by molar-refractivity contribution is -0.133. The van der Waals surface area contributed by atoms with Gasteiger partial charge in [-0.05, 0) is 83.9 Å². The highest BCUT2D eigenvalue weighted by atomic mass is 16.5. The number of ether oxygens (including phenoxy) is 2. The maximum absolute atomic E-state index is 14.1. The molecule has 0 spiro atoms. The molecule has 42 heavy (non-hydrogen) atoms. The molecule has 0 radical (unpaired) electrons. The maximum Gasteiger partial charge on any atom is 0.270 e. The van der Waals surface area contributed by atoms with E-state index in [1.54, 1.807) is 39.7 Å². The van der Waals surface area contributed by atoms with Gasteiger partial charge in [0.25, 0.3) is 5.91 Å². The van der Waals surface area contributed by atoms with Gasteiger partial charge in [0.15, 0.2) is 5.60 Å². The van der Waals surface area contributed by atoms with Crippen molar-refractivity contribution in [3.8, 4) is 5.75 Å². The van der Waals surface area contributed by atoms with Gasteiger partial charge >= 0.3 is 0 Å².